The lowest BCUT2D eigenvalue weighted by Gasteiger charge is -2.27. The monoisotopic (exact) mass is 424 g/mol. The zero-order valence-corrected chi connectivity index (χ0v) is 16.4. The molecule has 1 amide bonds. The summed E-state index contributed by atoms with van der Waals surface area (Å²) in [6.07, 6.45) is -2.65. The Kier molecular flexibility index (Phi) is 7.44. The summed E-state index contributed by atoms with van der Waals surface area (Å²) in [5.41, 5.74) is -1.36. The minimum Gasteiger partial charge on any atom is -0.351 e. The fraction of sp³-hybridized carbons (Fsp3) is 0.611. The van der Waals surface area contributed by atoms with Crippen LogP contribution in [0.2, 0.25) is 0 Å². The number of benzene rings is 1. The third-order valence-corrected chi connectivity index (χ3v) is 6.47. The van der Waals surface area contributed by atoms with E-state index in [1.165, 1.54) is 0 Å². The van der Waals surface area contributed by atoms with Gasteiger partial charge in [-0.1, -0.05) is 19.4 Å². The third-order valence-electron chi connectivity index (χ3n) is 4.72. The van der Waals surface area contributed by atoms with Crippen molar-refractivity contribution in [3.63, 3.8) is 0 Å². The fourth-order valence-corrected chi connectivity index (χ4v) is 4.98. The number of nitrogens with one attached hydrogen (secondary N) is 1. The van der Waals surface area contributed by atoms with E-state index in [-0.39, 0.29) is 29.7 Å². The van der Waals surface area contributed by atoms with E-state index in [0.717, 1.165) is 25.0 Å². The van der Waals surface area contributed by atoms with E-state index in [9.17, 15) is 30.8 Å². The van der Waals surface area contributed by atoms with Crippen molar-refractivity contribution in [2.75, 3.05) is 24.6 Å². The number of unbranched alkanes of at least 4 members (excludes halogenated alkanes) is 1. The first-order valence-electron chi connectivity index (χ1n) is 9.08. The molecule has 0 aromatic heterocycles. The van der Waals surface area contributed by atoms with Crippen molar-refractivity contribution in [3.8, 4) is 0 Å². The number of rotatable bonds is 8. The van der Waals surface area contributed by atoms with Crippen molar-refractivity contribution in [1.82, 2.24) is 10.2 Å². The molecule has 28 heavy (non-hydrogen) atoms. The summed E-state index contributed by atoms with van der Waals surface area (Å²) in [7, 11) is -3.12. The molecular weight excluding hydrogens is 400 g/mol. The quantitative estimate of drug-likeness (QED) is 0.652. The average Bonchev–Trinajstić information content (AvgIpc) is 2.96. The second-order valence-corrected chi connectivity index (χ2v) is 9.19. The molecule has 0 radical (unpaired) electrons. The van der Waals surface area contributed by atoms with Crippen LogP contribution in [0.5, 0.6) is 0 Å². The van der Waals surface area contributed by atoms with Gasteiger partial charge in [0.05, 0.1) is 23.6 Å². The topological polar surface area (TPSA) is 66.5 Å². The number of hydrogen-bond acceptors (Lipinski definition) is 4. The number of carbonyl (C=O) groups is 1. The van der Waals surface area contributed by atoms with E-state index in [1.54, 1.807) is 4.90 Å². The van der Waals surface area contributed by atoms with Gasteiger partial charge in [-0.25, -0.2) is 12.8 Å². The molecule has 1 aliphatic heterocycles. The molecule has 1 aliphatic rings. The summed E-state index contributed by atoms with van der Waals surface area (Å²) in [5.74, 6) is -1.44. The van der Waals surface area contributed by atoms with Crippen molar-refractivity contribution in [2.24, 2.45) is 0 Å². The summed E-state index contributed by atoms with van der Waals surface area (Å²) in [6, 6.07) is 2.04. The van der Waals surface area contributed by atoms with Gasteiger partial charge in [-0.3, -0.25) is 9.69 Å². The molecule has 1 heterocycles. The highest BCUT2D eigenvalue weighted by atomic mass is 32.2. The Labute approximate surface area is 162 Å². The summed E-state index contributed by atoms with van der Waals surface area (Å²) in [5, 5.41) is 2.43. The van der Waals surface area contributed by atoms with E-state index in [1.807, 2.05) is 6.92 Å². The van der Waals surface area contributed by atoms with Crippen LogP contribution in [0.3, 0.4) is 0 Å². The molecule has 0 bridgehead atoms. The third kappa shape index (κ3) is 6.44. The highest BCUT2D eigenvalue weighted by molar-refractivity contribution is 7.91. The molecule has 158 valence electrons. The minimum absolute atomic E-state index is 0.0137. The summed E-state index contributed by atoms with van der Waals surface area (Å²) in [6.45, 7) is 2.02. The van der Waals surface area contributed by atoms with Crippen molar-refractivity contribution in [2.45, 2.75) is 44.9 Å². The SMILES string of the molecule is CCCCN(CC(=O)NCc1ccc(F)cc1C(F)(F)F)C1CCS(=O)(=O)C1. The van der Waals surface area contributed by atoms with Crippen molar-refractivity contribution in [1.29, 1.82) is 0 Å². The van der Waals surface area contributed by atoms with Crippen LogP contribution in [0.15, 0.2) is 18.2 Å². The highest BCUT2D eigenvalue weighted by Crippen LogP contribution is 2.32. The molecule has 1 aromatic carbocycles. The second kappa shape index (κ2) is 9.21. The van der Waals surface area contributed by atoms with Crippen LogP contribution in [-0.2, 0) is 27.4 Å². The van der Waals surface area contributed by atoms with Crippen LogP contribution in [0, 0.1) is 5.82 Å². The van der Waals surface area contributed by atoms with Gasteiger partial charge in [0.15, 0.2) is 9.84 Å². The van der Waals surface area contributed by atoms with Crippen LogP contribution in [0.25, 0.3) is 0 Å². The zero-order valence-electron chi connectivity index (χ0n) is 15.6. The number of carbonyl (C=O) groups excluding carboxylic acids is 1. The zero-order chi connectivity index (χ0) is 20.9. The number of nitrogens with zero attached hydrogens (tertiary/aromatic N) is 1. The maximum absolute atomic E-state index is 13.2. The predicted molar refractivity (Wildman–Crippen MR) is 96.8 cm³/mol. The van der Waals surface area contributed by atoms with Gasteiger partial charge in [-0.2, -0.15) is 13.2 Å². The van der Waals surface area contributed by atoms with Crippen molar-refractivity contribution < 1.29 is 30.8 Å². The Hall–Kier alpha value is -1.68. The number of sulfone groups is 1. The van der Waals surface area contributed by atoms with E-state index < -0.39 is 39.8 Å². The molecule has 1 fully saturated rings. The van der Waals surface area contributed by atoms with Gasteiger partial charge in [-0.05, 0) is 37.1 Å². The van der Waals surface area contributed by atoms with Crippen LogP contribution in [0.4, 0.5) is 17.6 Å². The highest BCUT2D eigenvalue weighted by Gasteiger charge is 2.34. The molecule has 1 atom stereocenters. The first-order valence-corrected chi connectivity index (χ1v) is 10.9. The molecular formula is C18H24F4N2O3S. The lowest BCUT2D eigenvalue weighted by Crippen LogP contribution is -2.44. The molecule has 5 nitrogen and oxygen atoms in total. The summed E-state index contributed by atoms with van der Waals surface area (Å²) in [4.78, 5) is 14.1. The van der Waals surface area contributed by atoms with Crippen LogP contribution >= 0.6 is 0 Å². The standard InChI is InChI=1S/C18H24F4N2O3S/c1-2-3-7-24(15-6-8-28(26,27)12-15)11-17(25)23-10-13-4-5-14(19)9-16(13)18(20,21)22/h4-5,9,15H,2-3,6-8,10-12H2,1H3,(H,23,25). The molecule has 2 rings (SSSR count). The summed E-state index contributed by atoms with van der Waals surface area (Å²) < 4.78 is 75.7. The van der Waals surface area contributed by atoms with Crippen LogP contribution in [-0.4, -0.2) is 49.9 Å². The van der Waals surface area contributed by atoms with E-state index >= 15 is 0 Å². The normalized spacial score (nSPS) is 19.1. The number of alkyl halides is 3. The fourth-order valence-electron chi connectivity index (χ4n) is 3.22. The van der Waals surface area contributed by atoms with E-state index in [0.29, 0.717) is 19.0 Å². The molecule has 0 spiro atoms. The Morgan fingerprint density at radius 3 is 2.61 bits per heavy atom. The van der Waals surface area contributed by atoms with Gasteiger partial charge in [0, 0.05) is 12.6 Å². The Bertz CT molecular complexity index is 797. The van der Waals surface area contributed by atoms with Gasteiger partial charge in [0.2, 0.25) is 5.91 Å². The number of hydrogen-bond donors (Lipinski definition) is 1. The Morgan fingerprint density at radius 2 is 2.04 bits per heavy atom. The van der Waals surface area contributed by atoms with Gasteiger partial charge >= 0.3 is 6.18 Å². The minimum atomic E-state index is -4.73. The van der Waals surface area contributed by atoms with Crippen molar-refractivity contribution >= 4 is 15.7 Å². The van der Waals surface area contributed by atoms with Gasteiger partial charge in [-0.15, -0.1) is 0 Å². The molecule has 1 aromatic rings. The lowest BCUT2D eigenvalue weighted by atomic mass is 10.1. The maximum Gasteiger partial charge on any atom is 0.416 e. The van der Waals surface area contributed by atoms with Gasteiger partial charge in [0.25, 0.3) is 0 Å². The number of halogens is 4. The molecule has 1 saturated heterocycles. The molecule has 0 aliphatic carbocycles. The lowest BCUT2D eigenvalue weighted by molar-refractivity contribution is -0.138. The van der Waals surface area contributed by atoms with Crippen LogP contribution in [0.1, 0.15) is 37.3 Å². The smallest absolute Gasteiger partial charge is 0.351 e. The first kappa shape index (κ1) is 22.6. The molecule has 1 unspecified atom stereocenters. The molecule has 0 saturated carbocycles. The van der Waals surface area contributed by atoms with E-state index in [2.05, 4.69) is 5.32 Å². The van der Waals surface area contributed by atoms with Gasteiger partial charge in [0.1, 0.15) is 5.82 Å². The summed E-state index contributed by atoms with van der Waals surface area (Å²) >= 11 is 0. The van der Waals surface area contributed by atoms with Gasteiger partial charge < -0.3 is 5.32 Å². The maximum atomic E-state index is 13.2. The molecule has 10 heteroatoms. The molecule has 1 N–H and O–H groups in total. The number of amides is 1. The first-order chi connectivity index (χ1) is 13.0. The second-order valence-electron chi connectivity index (χ2n) is 6.96. The average molecular weight is 424 g/mol. The van der Waals surface area contributed by atoms with Crippen molar-refractivity contribution in [3.05, 3.63) is 35.1 Å². The van der Waals surface area contributed by atoms with E-state index in [4.69, 9.17) is 0 Å². The van der Waals surface area contributed by atoms with Crippen LogP contribution < -0.4 is 5.32 Å². The predicted octanol–water partition coefficient (Wildman–Crippen LogP) is 2.75. The largest absolute Gasteiger partial charge is 0.416 e. The Balaban J connectivity index is 2.01. The Morgan fingerprint density at radius 1 is 1.32 bits per heavy atom.